The minimum atomic E-state index is 0.0402. The second-order valence-electron chi connectivity index (χ2n) is 8.58. The number of imidazole rings is 1. The van der Waals surface area contributed by atoms with E-state index >= 15 is 0 Å². The number of nitrogens with one attached hydrogen (secondary N) is 2. The summed E-state index contributed by atoms with van der Waals surface area (Å²) in [5.74, 6) is 0.860. The summed E-state index contributed by atoms with van der Waals surface area (Å²) >= 11 is 0. The van der Waals surface area contributed by atoms with Crippen molar-refractivity contribution in [1.29, 1.82) is 0 Å². The normalized spacial score (nSPS) is 11.0. The van der Waals surface area contributed by atoms with Gasteiger partial charge in [0.1, 0.15) is 5.75 Å². The number of carbonyl (C=O) groups excluding carboxylic acids is 1. The smallest absolute Gasteiger partial charge is 0.220 e. The molecule has 0 aliphatic heterocycles. The van der Waals surface area contributed by atoms with Gasteiger partial charge in [-0.2, -0.15) is 0 Å². The van der Waals surface area contributed by atoms with Crippen LogP contribution in [-0.4, -0.2) is 27.6 Å². The Morgan fingerprint density at radius 1 is 1.00 bits per heavy atom. The van der Waals surface area contributed by atoms with Crippen LogP contribution in [-0.2, 0) is 24.3 Å². The molecule has 6 heteroatoms. The maximum absolute atomic E-state index is 12.7. The molecule has 0 saturated carbocycles. The monoisotopic (exact) mass is 464 g/mol. The van der Waals surface area contributed by atoms with Crippen LogP contribution in [0.4, 0.5) is 0 Å². The van der Waals surface area contributed by atoms with E-state index in [9.17, 15) is 4.79 Å². The first kappa shape index (κ1) is 22.5. The molecule has 5 aromatic rings. The van der Waals surface area contributed by atoms with Gasteiger partial charge in [0.25, 0.3) is 0 Å². The molecule has 35 heavy (non-hydrogen) atoms. The van der Waals surface area contributed by atoms with Gasteiger partial charge in [0.2, 0.25) is 5.91 Å². The molecule has 0 aliphatic rings. The van der Waals surface area contributed by atoms with Gasteiger partial charge in [0.05, 0.1) is 13.4 Å². The summed E-state index contributed by atoms with van der Waals surface area (Å²) in [6, 6.07) is 24.6. The Kier molecular flexibility index (Phi) is 6.61. The fourth-order valence-electron chi connectivity index (χ4n) is 4.34. The summed E-state index contributed by atoms with van der Waals surface area (Å²) in [5.41, 5.74) is 6.64. The quantitative estimate of drug-likeness (QED) is 0.309. The minimum absolute atomic E-state index is 0.0402. The van der Waals surface area contributed by atoms with Crippen molar-refractivity contribution >= 4 is 16.8 Å². The van der Waals surface area contributed by atoms with Gasteiger partial charge < -0.3 is 19.6 Å². The number of para-hydroxylation sites is 1. The molecule has 0 unspecified atom stereocenters. The number of benzene rings is 3. The molecule has 176 valence electrons. The first-order valence-corrected chi connectivity index (χ1v) is 11.7. The zero-order chi connectivity index (χ0) is 24.0. The van der Waals surface area contributed by atoms with Crippen LogP contribution in [0.15, 0.2) is 91.5 Å². The van der Waals surface area contributed by atoms with Crippen molar-refractivity contribution in [3.05, 3.63) is 108 Å². The highest BCUT2D eigenvalue weighted by atomic mass is 16.5. The molecule has 5 rings (SSSR count). The molecule has 2 aromatic heterocycles. The first-order valence-electron chi connectivity index (χ1n) is 11.7. The number of aryl methyl sites for hydroxylation is 1. The Labute approximate surface area is 204 Å². The fourth-order valence-corrected chi connectivity index (χ4v) is 4.34. The van der Waals surface area contributed by atoms with Gasteiger partial charge in [-0.15, -0.1) is 0 Å². The molecule has 0 atom stereocenters. The van der Waals surface area contributed by atoms with E-state index in [4.69, 9.17) is 4.74 Å². The van der Waals surface area contributed by atoms with Gasteiger partial charge >= 0.3 is 0 Å². The van der Waals surface area contributed by atoms with Crippen molar-refractivity contribution in [3.63, 3.8) is 0 Å². The number of rotatable bonds is 9. The Balaban J connectivity index is 1.23. The van der Waals surface area contributed by atoms with Gasteiger partial charge in [-0.25, -0.2) is 4.98 Å². The number of aromatic amines is 1. The number of aromatic nitrogens is 3. The largest absolute Gasteiger partial charge is 0.497 e. The third kappa shape index (κ3) is 5.27. The number of amides is 1. The van der Waals surface area contributed by atoms with E-state index in [1.807, 2.05) is 53.5 Å². The second-order valence-corrected chi connectivity index (χ2v) is 8.58. The number of nitrogens with zero attached hydrogens (tertiary/aromatic N) is 2. The predicted molar refractivity (Wildman–Crippen MR) is 138 cm³/mol. The summed E-state index contributed by atoms with van der Waals surface area (Å²) in [6.07, 6.45) is 6.61. The van der Waals surface area contributed by atoms with Crippen LogP contribution in [0.3, 0.4) is 0 Å². The van der Waals surface area contributed by atoms with E-state index in [2.05, 4.69) is 51.7 Å². The van der Waals surface area contributed by atoms with Gasteiger partial charge in [0, 0.05) is 48.5 Å². The lowest BCUT2D eigenvalue weighted by molar-refractivity contribution is -0.121. The lowest BCUT2D eigenvalue weighted by atomic mass is 10.0. The van der Waals surface area contributed by atoms with Crippen LogP contribution in [0.25, 0.3) is 22.2 Å². The van der Waals surface area contributed by atoms with Crippen LogP contribution in [0.5, 0.6) is 5.75 Å². The lowest BCUT2D eigenvalue weighted by Crippen LogP contribution is -2.23. The van der Waals surface area contributed by atoms with Crippen molar-refractivity contribution in [2.75, 3.05) is 7.11 Å². The van der Waals surface area contributed by atoms with E-state index in [-0.39, 0.29) is 5.91 Å². The third-order valence-electron chi connectivity index (χ3n) is 6.23. The van der Waals surface area contributed by atoms with E-state index in [1.165, 1.54) is 5.56 Å². The number of carbonyl (C=O) groups is 1. The second kappa shape index (κ2) is 10.3. The van der Waals surface area contributed by atoms with Crippen LogP contribution in [0.2, 0.25) is 0 Å². The van der Waals surface area contributed by atoms with Crippen molar-refractivity contribution in [1.82, 2.24) is 19.9 Å². The number of H-pyrrole nitrogens is 1. The van der Waals surface area contributed by atoms with E-state index in [0.717, 1.165) is 45.6 Å². The highest BCUT2D eigenvalue weighted by Gasteiger charge is 2.14. The van der Waals surface area contributed by atoms with E-state index in [0.29, 0.717) is 19.4 Å². The van der Waals surface area contributed by atoms with Gasteiger partial charge in [-0.1, -0.05) is 42.5 Å². The lowest BCUT2D eigenvalue weighted by Gasteiger charge is -2.09. The molecular formula is C29H28N4O2. The highest BCUT2D eigenvalue weighted by molar-refractivity contribution is 5.91. The molecular weight excluding hydrogens is 436 g/mol. The summed E-state index contributed by atoms with van der Waals surface area (Å²) in [4.78, 5) is 20.3. The SMILES string of the molecule is COc1ccc(-c2[nH]c3ccccc3c2CCC(=O)NCc2ccc(Cn3ccnc3)cc2)cc1. The molecule has 0 bridgehead atoms. The van der Waals surface area contributed by atoms with Crippen LogP contribution < -0.4 is 10.1 Å². The van der Waals surface area contributed by atoms with Crippen molar-refractivity contribution in [2.45, 2.75) is 25.9 Å². The summed E-state index contributed by atoms with van der Waals surface area (Å²) < 4.78 is 7.33. The van der Waals surface area contributed by atoms with E-state index in [1.54, 1.807) is 13.3 Å². The van der Waals surface area contributed by atoms with Crippen molar-refractivity contribution in [2.24, 2.45) is 0 Å². The minimum Gasteiger partial charge on any atom is -0.497 e. The van der Waals surface area contributed by atoms with E-state index < -0.39 is 0 Å². The number of hydrogen-bond acceptors (Lipinski definition) is 3. The van der Waals surface area contributed by atoms with Gasteiger partial charge in [-0.05, 0) is 59.0 Å². The molecule has 0 radical (unpaired) electrons. The molecule has 6 nitrogen and oxygen atoms in total. The first-order chi connectivity index (χ1) is 17.2. The average molecular weight is 465 g/mol. The number of methoxy groups -OCH3 is 1. The Morgan fingerprint density at radius 2 is 1.77 bits per heavy atom. The maximum Gasteiger partial charge on any atom is 0.220 e. The van der Waals surface area contributed by atoms with Gasteiger partial charge in [-0.3, -0.25) is 4.79 Å². The van der Waals surface area contributed by atoms with Crippen LogP contribution in [0.1, 0.15) is 23.1 Å². The predicted octanol–water partition coefficient (Wildman–Crippen LogP) is 5.34. The zero-order valence-electron chi connectivity index (χ0n) is 19.7. The van der Waals surface area contributed by atoms with Crippen molar-refractivity contribution in [3.8, 4) is 17.0 Å². The summed E-state index contributed by atoms with van der Waals surface area (Å²) in [6.45, 7) is 1.30. The number of hydrogen-bond donors (Lipinski definition) is 2. The Hall–Kier alpha value is -4.32. The summed E-state index contributed by atoms with van der Waals surface area (Å²) in [7, 11) is 1.66. The molecule has 1 amide bonds. The Bertz CT molecular complexity index is 1400. The Morgan fingerprint density at radius 3 is 2.51 bits per heavy atom. The third-order valence-corrected chi connectivity index (χ3v) is 6.23. The molecule has 3 aromatic carbocycles. The molecule has 2 heterocycles. The molecule has 0 saturated heterocycles. The molecule has 2 N–H and O–H groups in total. The fraction of sp³-hybridized carbons (Fsp3) is 0.172. The van der Waals surface area contributed by atoms with Crippen LogP contribution in [0, 0.1) is 0 Å². The standard InChI is InChI=1S/C29H28N4O2/c1-35-24-12-10-23(11-13-24)29-26(25-4-2-3-5-27(25)32-29)14-15-28(34)31-18-21-6-8-22(9-7-21)19-33-17-16-30-20-33/h2-13,16-17,20,32H,14-15,18-19H2,1H3,(H,31,34). The number of fused-ring (bicyclic) bond motifs is 1. The average Bonchev–Trinajstić information content (AvgIpc) is 3.55. The molecule has 0 fully saturated rings. The maximum atomic E-state index is 12.7. The highest BCUT2D eigenvalue weighted by Crippen LogP contribution is 2.32. The van der Waals surface area contributed by atoms with Gasteiger partial charge in [0.15, 0.2) is 0 Å². The molecule has 0 spiro atoms. The topological polar surface area (TPSA) is 71.9 Å². The molecule has 0 aliphatic carbocycles. The van der Waals surface area contributed by atoms with Crippen molar-refractivity contribution < 1.29 is 9.53 Å². The number of ether oxygens (including phenoxy) is 1. The van der Waals surface area contributed by atoms with Crippen LogP contribution >= 0.6 is 0 Å². The summed E-state index contributed by atoms with van der Waals surface area (Å²) in [5, 5.41) is 4.22. The zero-order valence-corrected chi connectivity index (χ0v) is 19.7.